The Morgan fingerprint density at radius 1 is 0.968 bits per heavy atom. The summed E-state index contributed by atoms with van der Waals surface area (Å²) in [4.78, 5) is 1.12. The lowest BCUT2D eigenvalue weighted by atomic mass is 10.0. The van der Waals surface area contributed by atoms with E-state index in [4.69, 9.17) is 14.2 Å². The number of thiophene rings is 1. The van der Waals surface area contributed by atoms with Gasteiger partial charge in [-0.3, -0.25) is 0 Å². The monoisotopic (exact) mass is 458 g/mol. The Bertz CT molecular complexity index is 1170. The zero-order valence-corrected chi connectivity index (χ0v) is 18.9. The predicted molar refractivity (Wildman–Crippen MR) is 120 cm³/mol. The van der Waals surface area contributed by atoms with Gasteiger partial charge < -0.3 is 14.2 Å². The first-order valence-corrected chi connectivity index (χ1v) is 11.8. The van der Waals surface area contributed by atoms with Crippen LogP contribution in [0.25, 0.3) is 0 Å². The maximum absolute atomic E-state index is 13.5. The smallest absolute Gasteiger partial charge is 0.279 e. The van der Waals surface area contributed by atoms with Crippen LogP contribution in [0.3, 0.4) is 0 Å². The molecule has 0 aliphatic carbocycles. The highest BCUT2D eigenvalue weighted by Crippen LogP contribution is 2.44. The second-order valence-corrected chi connectivity index (χ2v) is 9.54. The van der Waals surface area contributed by atoms with Gasteiger partial charge in [-0.15, -0.1) is 11.3 Å². The molecule has 1 atom stereocenters. The third-order valence-electron chi connectivity index (χ3n) is 5.04. The van der Waals surface area contributed by atoms with Crippen LogP contribution < -0.4 is 14.2 Å². The lowest BCUT2D eigenvalue weighted by molar-refractivity contribution is 0.319. The summed E-state index contributed by atoms with van der Waals surface area (Å²) >= 11 is 1.53. The second kappa shape index (κ2) is 8.60. The number of rotatable bonds is 7. The van der Waals surface area contributed by atoms with Gasteiger partial charge in [0.15, 0.2) is 11.5 Å². The highest BCUT2D eigenvalue weighted by atomic mass is 32.2. The summed E-state index contributed by atoms with van der Waals surface area (Å²) < 4.78 is 44.6. The van der Waals surface area contributed by atoms with E-state index >= 15 is 0 Å². The summed E-state index contributed by atoms with van der Waals surface area (Å²) in [5.41, 5.74) is 1.41. The molecule has 0 radical (unpaired) electrons. The zero-order valence-electron chi connectivity index (χ0n) is 17.3. The molecule has 0 N–H and O–H groups in total. The number of sulfonamides is 1. The minimum atomic E-state index is -3.88. The van der Waals surface area contributed by atoms with Crippen molar-refractivity contribution in [2.75, 3.05) is 21.3 Å². The van der Waals surface area contributed by atoms with Gasteiger partial charge in [0.1, 0.15) is 0 Å². The summed E-state index contributed by atoms with van der Waals surface area (Å²) in [5, 5.41) is 6.49. The number of ether oxygens (including phenoxy) is 3. The number of hydrazone groups is 1. The lowest BCUT2D eigenvalue weighted by Crippen LogP contribution is -2.27. The molecule has 2 aromatic carbocycles. The Labute approximate surface area is 185 Å². The van der Waals surface area contributed by atoms with Crippen LogP contribution in [0.15, 0.2) is 70.0 Å². The Kier molecular flexibility index (Phi) is 5.88. The maximum atomic E-state index is 13.5. The maximum Gasteiger partial charge on any atom is 0.279 e. The summed E-state index contributed by atoms with van der Waals surface area (Å²) in [6.45, 7) is 0. The first-order chi connectivity index (χ1) is 15.0. The van der Waals surface area contributed by atoms with E-state index in [1.807, 2.05) is 17.5 Å². The van der Waals surface area contributed by atoms with Crippen molar-refractivity contribution in [1.29, 1.82) is 0 Å². The lowest BCUT2D eigenvalue weighted by Gasteiger charge is -2.24. The van der Waals surface area contributed by atoms with Gasteiger partial charge in [0, 0.05) is 6.42 Å². The first-order valence-electron chi connectivity index (χ1n) is 9.50. The number of benzene rings is 2. The molecular formula is C22H22N2O5S2. The highest BCUT2D eigenvalue weighted by molar-refractivity contribution is 7.89. The van der Waals surface area contributed by atoms with Gasteiger partial charge in [-0.2, -0.15) is 17.9 Å². The summed E-state index contributed by atoms with van der Waals surface area (Å²) in [6, 6.07) is 15.2. The van der Waals surface area contributed by atoms with Gasteiger partial charge in [-0.1, -0.05) is 24.3 Å². The molecule has 31 heavy (non-hydrogen) atoms. The largest absolute Gasteiger partial charge is 0.493 e. The molecule has 3 aromatic rings. The van der Waals surface area contributed by atoms with Gasteiger partial charge in [0.05, 0.1) is 42.9 Å². The minimum Gasteiger partial charge on any atom is -0.493 e. The SMILES string of the molecule is COc1cc([C@@H]2CC(c3cccs3)=NN2S(=O)(=O)c2ccccc2)cc(OC)c1OC. The van der Waals surface area contributed by atoms with Crippen LogP contribution in [-0.4, -0.2) is 39.9 Å². The molecule has 1 aromatic heterocycles. The Balaban J connectivity index is 1.85. The third kappa shape index (κ3) is 3.86. The van der Waals surface area contributed by atoms with Crippen molar-refractivity contribution in [3.8, 4) is 17.2 Å². The molecule has 162 valence electrons. The first kappa shape index (κ1) is 21.2. The van der Waals surface area contributed by atoms with Crippen LogP contribution in [0.1, 0.15) is 22.9 Å². The molecule has 4 rings (SSSR count). The third-order valence-corrected chi connectivity index (χ3v) is 7.65. The van der Waals surface area contributed by atoms with E-state index in [-0.39, 0.29) is 4.90 Å². The van der Waals surface area contributed by atoms with Crippen LogP contribution >= 0.6 is 11.3 Å². The van der Waals surface area contributed by atoms with Crippen molar-refractivity contribution in [3.63, 3.8) is 0 Å². The van der Waals surface area contributed by atoms with Crippen LogP contribution in [0.4, 0.5) is 0 Å². The molecule has 1 aliphatic rings. The van der Waals surface area contributed by atoms with E-state index in [0.29, 0.717) is 34.9 Å². The molecule has 0 amide bonds. The number of hydrogen-bond acceptors (Lipinski definition) is 7. The Hall–Kier alpha value is -3.04. The van der Waals surface area contributed by atoms with E-state index in [1.165, 1.54) is 37.1 Å². The molecule has 0 bridgehead atoms. The topological polar surface area (TPSA) is 77.4 Å². The van der Waals surface area contributed by atoms with Gasteiger partial charge in [-0.25, -0.2) is 0 Å². The Morgan fingerprint density at radius 2 is 1.65 bits per heavy atom. The summed E-state index contributed by atoms with van der Waals surface area (Å²) in [5.74, 6) is 1.36. The molecule has 1 aliphatic heterocycles. The van der Waals surface area contributed by atoms with Crippen molar-refractivity contribution < 1.29 is 22.6 Å². The van der Waals surface area contributed by atoms with Gasteiger partial charge in [-0.05, 0) is 41.3 Å². The quantitative estimate of drug-likeness (QED) is 0.527. The van der Waals surface area contributed by atoms with E-state index in [2.05, 4.69) is 5.10 Å². The Morgan fingerprint density at radius 3 is 2.19 bits per heavy atom. The highest BCUT2D eigenvalue weighted by Gasteiger charge is 2.38. The number of methoxy groups -OCH3 is 3. The minimum absolute atomic E-state index is 0.184. The fourth-order valence-corrected chi connectivity index (χ4v) is 5.72. The molecule has 0 spiro atoms. The number of nitrogens with zero attached hydrogens (tertiary/aromatic N) is 2. The summed E-state index contributed by atoms with van der Waals surface area (Å²) in [7, 11) is 0.709. The second-order valence-electron chi connectivity index (χ2n) is 6.79. The molecule has 9 heteroatoms. The van der Waals surface area contributed by atoms with Crippen molar-refractivity contribution in [2.45, 2.75) is 17.4 Å². The van der Waals surface area contributed by atoms with Crippen LogP contribution in [-0.2, 0) is 10.0 Å². The van der Waals surface area contributed by atoms with Gasteiger partial charge >= 0.3 is 0 Å². The molecule has 7 nitrogen and oxygen atoms in total. The molecule has 2 heterocycles. The van der Waals surface area contributed by atoms with Gasteiger partial charge in [0.25, 0.3) is 10.0 Å². The predicted octanol–water partition coefficient (Wildman–Crippen LogP) is 4.31. The zero-order chi connectivity index (χ0) is 22.0. The average Bonchev–Trinajstić information content (AvgIpc) is 3.49. The average molecular weight is 459 g/mol. The fraction of sp³-hybridized carbons (Fsp3) is 0.227. The van der Waals surface area contributed by atoms with Crippen molar-refractivity contribution in [3.05, 3.63) is 70.4 Å². The molecule has 0 unspecified atom stereocenters. The fourth-order valence-electron chi connectivity index (χ4n) is 3.54. The van der Waals surface area contributed by atoms with Crippen molar-refractivity contribution in [1.82, 2.24) is 4.41 Å². The summed E-state index contributed by atoms with van der Waals surface area (Å²) in [6.07, 6.45) is 0.422. The van der Waals surface area contributed by atoms with Crippen molar-refractivity contribution >= 4 is 27.1 Å². The number of hydrogen-bond donors (Lipinski definition) is 0. The standard InChI is InChI=1S/C22H22N2O5S2/c1-27-19-12-15(13-20(28-2)22(19)29-3)18-14-17(21-10-7-11-30-21)23-24(18)31(25,26)16-8-5-4-6-9-16/h4-13,18H,14H2,1-3H3/t18-/m0/s1. The van der Waals surface area contributed by atoms with Crippen molar-refractivity contribution in [2.24, 2.45) is 5.10 Å². The van der Waals surface area contributed by atoms with Crippen LogP contribution in [0.5, 0.6) is 17.2 Å². The van der Waals surface area contributed by atoms with Gasteiger partial charge in [0.2, 0.25) is 5.75 Å². The molecule has 0 saturated carbocycles. The molecular weight excluding hydrogens is 436 g/mol. The van der Waals surface area contributed by atoms with Crippen LogP contribution in [0, 0.1) is 0 Å². The van der Waals surface area contributed by atoms with E-state index in [1.54, 1.807) is 42.5 Å². The van der Waals surface area contributed by atoms with E-state index < -0.39 is 16.1 Å². The normalized spacial score (nSPS) is 16.2. The van der Waals surface area contributed by atoms with E-state index in [9.17, 15) is 8.42 Å². The van der Waals surface area contributed by atoms with Crippen LogP contribution in [0.2, 0.25) is 0 Å². The molecule has 0 saturated heterocycles. The molecule has 0 fully saturated rings. The van der Waals surface area contributed by atoms with E-state index in [0.717, 1.165) is 4.88 Å².